The van der Waals surface area contributed by atoms with Gasteiger partial charge in [-0.1, -0.05) is 48.5 Å². The summed E-state index contributed by atoms with van der Waals surface area (Å²) < 4.78 is 10.6. The van der Waals surface area contributed by atoms with Crippen molar-refractivity contribution in [2.45, 2.75) is 45.2 Å². The van der Waals surface area contributed by atoms with E-state index in [2.05, 4.69) is 34.5 Å². The van der Waals surface area contributed by atoms with Gasteiger partial charge in [-0.25, -0.2) is 9.97 Å². The zero-order valence-corrected chi connectivity index (χ0v) is 23.5. The highest BCUT2D eigenvalue weighted by molar-refractivity contribution is 5.64. The standard InChI is InChI=1S/C33H39N5O2/c1-39-28-14-9-25(10-15-28)21-31-36-30(18-13-24-5-7-27(8-6-24)23-38-19-3-4-20-38)32(34)33(37-31)35-22-26-11-16-29(40-2)17-12-26/h5-12,14-17H,3-4,13,18-23,34H2,1-2H3,(H,35,36,37). The lowest BCUT2D eigenvalue weighted by Gasteiger charge is -2.15. The van der Waals surface area contributed by atoms with E-state index in [0.717, 1.165) is 53.5 Å². The number of hydrogen-bond donors (Lipinski definition) is 2. The predicted molar refractivity (Wildman–Crippen MR) is 161 cm³/mol. The number of likely N-dealkylation sites (tertiary alicyclic amines) is 1. The van der Waals surface area contributed by atoms with Gasteiger partial charge in [-0.2, -0.15) is 0 Å². The van der Waals surface area contributed by atoms with E-state index in [1.165, 1.54) is 37.1 Å². The summed E-state index contributed by atoms with van der Waals surface area (Å²) in [6, 6.07) is 25.0. The van der Waals surface area contributed by atoms with E-state index in [1.807, 2.05) is 48.5 Å². The maximum Gasteiger partial charge on any atom is 0.153 e. The number of rotatable bonds is 12. The van der Waals surface area contributed by atoms with Crippen molar-refractivity contribution in [2.75, 3.05) is 38.4 Å². The number of aryl methyl sites for hydroxylation is 2. The largest absolute Gasteiger partial charge is 0.497 e. The Labute approximate surface area is 237 Å². The fourth-order valence-electron chi connectivity index (χ4n) is 5.10. The molecule has 7 heteroatoms. The summed E-state index contributed by atoms with van der Waals surface area (Å²) in [5, 5.41) is 3.45. The van der Waals surface area contributed by atoms with Crippen molar-refractivity contribution in [1.29, 1.82) is 0 Å². The molecule has 5 rings (SSSR count). The second-order valence-corrected chi connectivity index (χ2v) is 10.4. The van der Waals surface area contributed by atoms with Crippen LogP contribution in [0.5, 0.6) is 11.5 Å². The van der Waals surface area contributed by atoms with E-state index in [0.29, 0.717) is 24.5 Å². The van der Waals surface area contributed by atoms with Crippen LogP contribution in [0.3, 0.4) is 0 Å². The highest BCUT2D eigenvalue weighted by atomic mass is 16.5. The Balaban J connectivity index is 1.31. The van der Waals surface area contributed by atoms with Crippen molar-refractivity contribution in [3.05, 3.63) is 107 Å². The van der Waals surface area contributed by atoms with Crippen LogP contribution in [0, 0.1) is 0 Å². The van der Waals surface area contributed by atoms with Gasteiger partial charge in [0.05, 0.1) is 25.6 Å². The molecule has 4 aromatic rings. The van der Waals surface area contributed by atoms with Crippen LogP contribution >= 0.6 is 0 Å². The lowest BCUT2D eigenvalue weighted by Crippen LogP contribution is -2.18. The summed E-state index contributed by atoms with van der Waals surface area (Å²) >= 11 is 0. The van der Waals surface area contributed by atoms with Crippen molar-refractivity contribution in [3.63, 3.8) is 0 Å². The van der Waals surface area contributed by atoms with Crippen LogP contribution in [-0.2, 0) is 32.4 Å². The normalized spacial score (nSPS) is 13.3. The molecule has 1 fully saturated rings. The molecule has 0 aliphatic carbocycles. The van der Waals surface area contributed by atoms with Gasteiger partial charge >= 0.3 is 0 Å². The number of anilines is 2. The summed E-state index contributed by atoms with van der Waals surface area (Å²) in [7, 11) is 3.34. The molecule has 1 aromatic heterocycles. The summed E-state index contributed by atoms with van der Waals surface area (Å²) in [5.41, 5.74) is 13.0. The molecule has 1 aliphatic rings. The molecular formula is C33H39N5O2. The smallest absolute Gasteiger partial charge is 0.153 e. The molecule has 1 aliphatic heterocycles. The van der Waals surface area contributed by atoms with Crippen LogP contribution in [0.1, 0.15) is 46.6 Å². The second kappa shape index (κ2) is 13.3. The maximum atomic E-state index is 6.64. The Hall–Kier alpha value is -4.10. The van der Waals surface area contributed by atoms with Gasteiger partial charge in [-0.05, 0) is 85.3 Å². The Kier molecular flexibility index (Phi) is 9.14. The van der Waals surface area contributed by atoms with Gasteiger partial charge in [0.2, 0.25) is 0 Å². The molecule has 40 heavy (non-hydrogen) atoms. The van der Waals surface area contributed by atoms with Gasteiger partial charge in [-0.15, -0.1) is 0 Å². The number of benzene rings is 3. The first kappa shape index (κ1) is 27.5. The third-order valence-electron chi connectivity index (χ3n) is 7.49. The van der Waals surface area contributed by atoms with Gasteiger partial charge in [0.25, 0.3) is 0 Å². The van der Waals surface area contributed by atoms with Crippen molar-refractivity contribution < 1.29 is 9.47 Å². The summed E-state index contributed by atoms with van der Waals surface area (Å²) in [5.74, 6) is 3.08. The molecule has 0 saturated carbocycles. The topological polar surface area (TPSA) is 85.5 Å². The van der Waals surface area contributed by atoms with Crippen LogP contribution in [0.25, 0.3) is 0 Å². The molecule has 0 unspecified atom stereocenters. The van der Waals surface area contributed by atoms with Crippen molar-refractivity contribution in [2.24, 2.45) is 0 Å². The quantitative estimate of drug-likeness (QED) is 0.241. The number of nitrogens with zero attached hydrogens (tertiary/aromatic N) is 3. The molecule has 0 amide bonds. The number of ether oxygens (including phenoxy) is 2. The molecule has 2 heterocycles. The molecule has 0 bridgehead atoms. The van der Waals surface area contributed by atoms with Gasteiger partial charge < -0.3 is 20.5 Å². The molecule has 0 radical (unpaired) electrons. The minimum Gasteiger partial charge on any atom is -0.497 e. The summed E-state index contributed by atoms with van der Waals surface area (Å²) in [6.07, 6.45) is 4.85. The Bertz CT molecular complexity index is 1370. The molecule has 0 atom stereocenters. The van der Waals surface area contributed by atoms with E-state index >= 15 is 0 Å². The zero-order chi connectivity index (χ0) is 27.7. The number of methoxy groups -OCH3 is 2. The highest BCUT2D eigenvalue weighted by Gasteiger charge is 2.14. The average molecular weight is 538 g/mol. The molecule has 208 valence electrons. The summed E-state index contributed by atoms with van der Waals surface area (Å²) in [6.45, 7) is 4.06. The van der Waals surface area contributed by atoms with Crippen molar-refractivity contribution >= 4 is 11.5 Å². The minimum atomic E-state index is 0.602. The third kappa shape index (κ3) is 7.30. The molecule has 7 nitrogen and oxygen atoms in total. The molecule has 3 N–H and O–H groups in total. The van der Waals surface area contributed by atoms with E-state index in [-0.39, 0.29) is 0 Å². The highest BCUT2D eigenvalue weighted by Crippen LogP contribution is 2.24. The number of nitrogen functional groups attached to an aromatic ring is 1. The molecule has 1 saturated heterocycles. The second-order valence-electron chi connectivity index (χ2n) is 10.4. The third-order valence-corrected chi connectivity index (χ3v) is 7.49. The SMILES string of the molecule is COc1ccc(CNc2nc(Cc3ccc(OC)cc3)nc(CCc3ccc(CN4CCCC4)cc3)c2N)cc1. The van der Waals surface area contributed by atoms with Gasteiger partial charge in [0.1, 0.15) is 17.3 Å². The van der Waals surface area contributed by atoms with Gasteiger partial charge in [-0.3, -0.25) is 4.90 Å². The van der Waals surface area contributed by atoms with E-state index in [9.17, 15) is 0 Å². The minimum absolute atomic E-state index is 0.602. The van der Waals surface area contributed by atoms with E-state index < -0.39 is 0 Å². The van der Waals surface area contributed by atoms with Crippen LogP contribution in [0.15, 0.2) is 72.8 Å². The fourth-order valence-corrected chi connectivity index (χ4v) is 5.10. The van der Waals surface area contributed by atoms with E-state index in [1.54, 1.807) is 14.2 Å². The average Bonchev–Trinajstić information content (AvgIpc) is 3.51. The van der Waals surface area contributed by atoms with E-state index in [4.69, 9.17) is 25.2 Å². The summed E-state index contributed by atoms with van der Waals surface area (Å²) in [4.78, 5) is 12.3. The Morgan fingerprint density at radius 3 is 1.93 bits per heavy atom. The Morgan fingerprint density at radius 2 is 1.30 bits per heavy atom. The lowest BCUT2D eigenvalue weighted by molar-refractivity contribution is 0.331. The number of aromatic nitrogens is 2. The molecular weight excluding hydrogens is 498 g/mol. The zero-order valence-electron chi connectivity index (χ0n) is 23.5. The van der Waals surface area contributed by atoms with Crippen molar-refractivity contribution in [1.82, 2.24) is 14.9 Å². The van der Waals surface area contributed by atoms with Gasteiger partial charge in [0, 0.05) is 19.5 Å². The van der Waals surface area contributed by atoms with Crippen molar-refractivity contribution in [3.8, 4) is 11.5 Å². The number of nitrogens with two attached hydrogens (primary N) is 1. The molecule has 3 aromatic carbocycles. The van der Waals surface area contributed by atoms with Crippen LogP contribution in [0.2, 0.25) is 0 Å². The first-order valence-corrected chi connectivity index (χ1v) is 14.0. The van der Waals surface area contributed by atoms with Crippen LogP contribution < -0.4 is 20.5 Å². The Morgan fingerprint density at radius 1 is 0.725 bits per heavy atom. The fraction of sp³-hybridized carbons (Fsp3) is 0.333. The predicted octanol–water partition coefficient (Wildman–Crippen LogP) is 5.66. The van der Waals surface area contributed by atoms with Crippen LogP contribution in [-0.4, -0.2) is 42.2 Å². The number of nitrogens with one attached hydrogen (secondary N) is 1. The monoisotopic (exact) mass is 537 g/mol. The van der Waals surface area contributed by atoms with Crippen LogP contribution in [0.4, 0.5) is 11.5 Å². The molecule has 0 spiro atoms. The number of hydrogen-bond acceptors (Lipinski definition) is 7. The first-order valence-electron chi connectivity index (χ1n) is 14.0. The first-order chi connectivity index (χ1) is 19.6. The maximum absolute atomic E-state index is 6.64. The van der Waals surface area contributed by atoms with Gasteiger partial charge in [0.15, 0.2) is 5.82 Å². The lowest BCUT2D eigenvalue weighted by atomic mass is 10.0.